The molecule has 25 heavy (non-hydrogen) atoms. The smallest absolute Gasteiger partial charge is 0.308 e. The molecular weight excluding hydrogens is 318 g/mol. The van der Waals surface area contributed by atoms with Crippen LogP contribution in [0.1, 0.15) is 17.0 Å². The van der Waals surface area contributed by atoms with Crippen LogP contribution in [-0.4, -0.2) is 41.6 Å². The van der Waals surface area contributed by atoms with Crippen LogP contribution in [0, 0.1) is 5.92 Å². The fourth-order valence-corrected chi connectivity index (χ4v) is 3.22. The van der Waals surface area contributed by atoms with Gasteiger partial charge in [0.05, 0.1) is 12.5 Å². The molecule has 1 saturated heterocycles. The third-order valence-electron chi connectivity index (χ3n) is 4.55. The summed E-state index contributed by atoms with van der Waals surface area (Å²) in [6.45, 7) is 0.963. The Hall–Kier alpha value is -2.66. The summed E-state index contributed by atoms with van der Waals surface area (Å²) in [7, 11) is 0. The van der Waals surface area contributed by atoms with Gasteiger partial charge in [-0.3, -0.25) is 9.59 Å². The van der Waals surface area contributed by atoms with Gasteiger partial charge in [0.15, 0.2) is 0 Å². The molecule has 0 radical (unpaired) electrons. The Labute approximate surface area is 146 Å². The van der Waals surface area contributed by atoms with Crippen molar-refractivity contribution in [2.75, 3.05) is 19.7 Å². The Morgan fingerprint density at radius 2 is 1.64 bits per heavy atom. The van der Waals surface area contributed by atoms with E-state index in [1.54, 1.807) is 4.90 Å². The predicted octanol–water partition coefficient (Wildman–Crippen LogP) is 2.53. The Balaban J connectivity index is 1.59. The number of benzene rings is 2. The molecule has 0 spiro atoms. The second-order valence-corrected chi connectivity index (χ2v) is 6.24. The Morgan fingerprint density at radius 1 is 1.00 bits per heavy atom. The number of carboxylic acid groups (broad SMARTS) is 1. The summed E-state index contributed by atoms with van der Waals surface area (Å²) in [5.74, 6) is -1.80. The number of likely N-dealkylation sites (tertiary alicyclic amines) is 1. The maximum atomic E-state index is 12.4. The van der Waals surface area contributed by atoms with Gasteiger partial charge >= 0.3 is 5.97 Å². The lowest BCUT2D eigenvalue weighted by molar-refractivity contribution is -0.142. The molecule has 1 heterocycles. The van der Waals surface area contributed by atoms with E-state index >= 15 is 0 Å². The average molecular weight is 339 g/mol. The summed E-state index contributed by atoms with van der Waals surface area (Å²) >= 11 is 0. The molecule has 3 rings (SSSR count). The Morgan fingerprint density at radius 3 is 2.28 bits per heavy atom. The van der Waals surface area contributed by atoms with Crippen LogP contribution in [0.3, 0.4) is 0 Å². The fraction of sp³-hybridized carbons (Fsp3) is 0.300. The summed E-state index contributed by atoms with van der Waals surface area (Å²) in [6.07, 6.45) is 0. The first-order valence-electron chi connectivity index (χ1n) is 8.32. The summed E-state index contributed by atoms with van der Waals surface area (Å²) in [5, 5.41) is 9.50. The molecule has 5 nitrogen and oxygen atoms in total. The van der Waals surface area contributed by atoms with Crippen LogP contribution in [-0.2, 0) is 20.9 Å². The van der Waals surface area contributed by atoms with Crippen molar-refractivity contribution in [1.29, 1.82) is 0 Å². The van der Waals surface area contributed by atoms with Crippen LogP contribution in [0.25, 0.3) is 0 Å². The molecular formula is C20H21NO4. The first kappa shape index (κ1) is 17.2. The number of ether oxygens (including phenoxy) is 1. The molecule has 2 aromatic rings. The molecule has 0 saturated carbocycles. The highest BCUT2D eigenvalue weighted by Crippen LogP contribution is 2.32. The molecule has 130 valence electrons. The number of nitrogens with zero attached hydrogens (tertiary/aromatic N) is 1. The lowest BCUT2D eigenvalue weighted by Crippen LogP contribution is -2.32. The summed E-state index contributed by atoms with van der Waals surface area (Å²) in [4.78, 5) is 25.6. The molecule has 2 atom stereocenters. The highest BCUT2D eigenvalue weighted by atomic mass is 16.5. The summed E-state index contributed by atoms with van der Waals surface area (Å²) in [5.41, 5.74) is 1.96. The quantitative estimate of drug-likeness (QED) is 0.878. The van der Waals surface area contributed by atoms with Crippen LogP contribution in [0.2, 0.25) is 0 Å². The molecule has 5 heteroatoms. The fourth-order valence-electron chi connectivity index (χ4n) is 3.22. The second kappa shape index (κ2) is 7.94. The van der Waals surface area contributed by atoms with Crippen molar-refractivity contribution in [2.24, 2.45) is 5.92 Å². The molecule has 1 aliphatic rings. The van der Waals surface area contributed by atoms with Gasteiger partial charge in [-0.05, 0) is 11.1 Å². The predicted molar refractivity (Wildman–Crippen MR) is 93.0 cm³/mol. The topological polar surface area (TPSA) is 66.8 Å². The van der Waals surface area contributed by atoms with E-state index in [1.807, 2.05) is 60.7 Å². The number of hydrogen-bond donors (Lipinski definition) is 1. The van der Waals surface area contributed by atoms with Crippen LogP contribution in [0.4, 0.5) is 0 Å². The number of hydrogen-bond acceptors (Lipinski definition) is 3. The van der Waals surface area contributed by atoms with Gasteiger partial charge in [0.25, 0.3) is 0 Å². The Bertz CT molecular complexity index is 717. The van der Waals surface area contributed by atoms with Crippen LogP contribution in [0.5, 0.6) is 0 Å². The van der Waals surface area contributed by atoms with Gasteiger partial charge in [0, 0.05) is 19.0 Å². The molecule has 1 amide bonds. The molecule has 1 aliphatic heterocycles. The highest BCUT2D eigenvalue weighted by Gasteiger charge is 2.40. The molecule has 0 aromatic heterocycles. The van der Waals surface area contributed by atoms with E-state index in [9.17, 15) is 14.7 Å². The van der Waals surface area contributed by atoms with Gasteiger partial charge in [-0.25, -0.2) is 0 Å². The minimum Gasteiger partial charge on any atom is -0.481 e. The van der Waals surface area contributed by atoms with Gasteiger partial charge in [-0.2, -0.15) is 0 Å². The van der Waals surface area contributed by atoms with Crippen molar-refractivity contribution in [1.82, 2.24) is 4.90 Å². The second-order valence-electron chi connectivity index (χ2n) is 6.24. The van der Waals surface area contributed by atoms with E-state index in [-0.39, 0.29) is 25.0 Å². The van der Waals surface area contributed by atoms with Crippen molar-refractivity contribution in [3.63, 3.8) is 0 Å². The van der Waals surface area contributed by atoms with E-state index in [2.05, 4.69) is 0 Å². The zero-order valence-corrected chi connectivity index (χ0v) is 13.9. The van der Waals surface area contributed by atoms with Gasteiger partial charge < -0.3 is 14.7 Å². The maximum absolute atomic E-state index is 12.4. The summed E-state index contributed by atoms with van der Waals surface area (Å²) < 4.78 is 5.49. The van der Waals surface area contributed by atoms with Gasteiger partial charge in [-0.1, -0.05) is 60.7 Å². The van der Waals surface area contributed by atoms with Crippen molar-refractivity contribution < 1.29 is 19.4 Å². The largest absolute Gasteiger partial charge is 0.481 e. The third kappa shape index (κ3) is 4.25. The van der Waals surface area contributed by atoms with Gasteiger partial charge in [0.2, 0.25) is 5.91 Å². The molecule has 1 fully saturated rings. The van der Waals surface area contributed by atoms with Crippen molar-refractivity contribution >= 4 is 11.9 Å². The van der Waals surface area contributed by atoms with Crippen LogP contribution < -0.4 is 0 Å². The molecule has 1 N–H and O–H groups in total. The van der Waals surface area contributed by atoms with Crippen LogP contribution in [0.15, 0.2) is 60.7 Å². The van der Waals surface area contributed by atoms with Crippen molar-refractivity contribution in [3.05, 3.63) is 71.8 Å². The van der Waals surface area contributed by atoms with Gasteiger partial charge in [0.1, 0.15) is 6.61 Å². The SMILES string of the molecule is O=C(O)C1CN(C(=O)COCc2ccccc2)CC1c1ccccc1. The van der Waals surface area contributed by atoms with E-state index in [0.29, 0.717) is 13.2 Å². The molecule has 0 bridgehead atoms. The number of amides is 1. The number of carboxylic acids is 1. The monoisotopic (exact) mass is 339 g/mol. The number of aliphatic carboxylic acids is 1. The zero-order valence-electron chi connectivity index (χ0n) is 13.9. The molecule has 0 aliphatic carbocycles. The first-order valence-corrected chi connectivity index (χ1v) is 8.32. The van der Waals surface area contributed by atoms with E-state index in [0.717, 1.165) is 11.1 Å². The number of rotatable bonds is 6. The third-order valence-corrected chi connectivity index (χ3v) is 4.55. The molecule has 2 unspecified atom stereocenters. The van der Waals surface area contributed by atoms with E-state index in [4.69, 9.17) is 4.74 Å². The van der Waals surface area contributed by atoms with Gasteiger partial charge in [-0.15, -0.1) is 0 Å². The normalized spacial score (nSPS) is 19.8. The zero-order chi connectivity index (χ0) is 17.6. The standard InChI is InChI=1S/C20H21NO4/c22-19(14-25-13-15-7-3-1-4-8-15)21-11-17(18(12-21)20(23)24)16-9-5-2-6-10-16/h1-10,17-18H,11-14H2,(H,23,24). The lowest BCUT2D eigenvalue weighted by atomic mass is 9.89. The van der Waals surface area contributed by atoms with Crippen LogP contribution >= 0.6 is 0 Å². The number of carbonyl (C=O) groups is 2. The van der Waals surface area contributed by atoms with E-state index in [1.165, 1.54) is 0 Å². The minimum absolute atomic E-state index is 0.0389. The molecule has 2 aromatic carbocycles. The summed E-state index contributed by atoms with van der Waals surface area (Å²) in [6, 6.07) is 19.2. The van der Waals surface area contributed by atoms with Crippen molar-refractivity contribution in [2.45, 2.75) is 12.5 Å². The maximum Gasteiger partial charge on any atom is 0.308 e. The first-order chi connectivity index (χ1) is 12.1. The lowest BCUT2D eigenvalue weighted by Gasteiger charge is -2.16. The Kier molecular flexibility index (Phi) is 5.46. The number of carbonyl (C=O) groups excluding carboxylic acids is 1. The highest BCUT2D eigenvalue weighted by molar-refractivity contribution is 5.80. The van der Waals surface area contributed by atoms with Crippen molar-refractivity contribution in [3.8, 4) is 0 Å². The minimum atomic E-state index is -0.866. The van der Waals surface area contributed by atoms with E-state index < -0.39 is 11.9 Å². The average Bonchev–Trinajstić information content (AvgIpc) is 3.09.